The van der Waals surface area contributed by atoms with Gasteiger partial charge in [0.25, 0.3) is 5.56 Å². The zero-order valence-corrected chi connectivity index (χ0v) is 13.9. The zero-order valence-electron chi connectivity index (χ0n) is 13.1. The molecule has 2 rings (SSSR count). The largest absolute Gasteiger partial charge is 0.346 e. The summed E-state index contributed by atoms with van der Waals surface area (Å²) in [4.78, 5) is 35.1. The van der Waals surface area contributed by atoms with Gasteiger partial charge < -0.3 is 0 Å². The molecule has 0 bridgehead atoms. The van der Waals surface area contributed by atoms with E-state index in [0.29, 0.717) is 5.92 Å². The number of carbonyl (C=O) groups is 1. The third-order valence-corrected chi connectivity index (χ3v) is 4.35. The monoisotopic (exact) mass is 337 g/mol. The molecule has 1 aromatic heterocycles. The number of amides is 1. The van der Waals surface area contributed by atoms with Crippen LogP contribution in [0.2, 0.25) is 0 Å². The average molecular weight is 337 g/mol. The first-order valence-electron chi connectivity index (χ1n) is 7.23. The van der Waals surface area contributed by atoms with Crippen LogP contribution in [0.5, 0.6) is 0 Å². The molecule has 0 saturated carbocycles. The predicted molar refractivity (Wildman–Crippen MR) is 88.6 cm³/mol. The quantitative estimate of drug-likeness (QED) is 0.354. The Kier molecular flexibility index (Phi) is 5.91. The van der Waals surface area contributed by atoms with Gasteiger partial charge in [0.05, 0.1) is 5.75 Å². The van der Waals surface area contributed by atoms with Gasteiger partial charge >= 0.3 is 5.69 Å². The van der Waals surface area contributed by atoms with E-state index in [9.17, 15) is 14.4 Å². The summed E-state index contributed by atoms with van der Waals surface area (Å²) in [6.07, 6.45) is 8.99. The Hall–Kier alpha value is -2.16. The Balaban J connectivity index is 1.87. The van der Waals surface area contributed by atoms with Crippen LogP contribution in [-0.2, 0) is 18.9 Å². The molecule has 1 aliphatic carbocycles. The van der Waals surface area contributed by atoms with Crippen molar-refractivity contribution in [3.63, 3.8) is 0 Å². The van der Waals surface area contributed by atoms with Crippen molar-refractivity contribution in [2.45, 2.75) is 24.3 Å². The van der Waals surface area contributed by atoms with Gasteiger partial charge in [-0.15, -0.1) is 0 Å². The molecule has 1 amide bonds. The van der Waals surface area contributed by atoms with Gasteiger partial charge in [-0.1, -0.05) is 23.9 Å². The average Bonchev–Trinajstić information content (AvgIpc) is 2.56. The summed E-state index contributed by atoms with van der Waals surface area (Å²) in [7, 11) is 2.83. The van der Waals surface area contributed by atoms with Crippen LogP contribution in [0.25, 0.3) is 0 Å². The molecule has 9 heteroatoms. The third kappa shape index (κ3) is 4.65. The van der Waals surface area contributed by atoms with E-state index >= 15 is 0 Å². The van der Waals surface area contributed by atoms with Crippen LogP contribution in [0.1, 0.15) is 19.3 Å². The maximum Gasteiger partial charge on any atom is 0.346 e. The standard InChI is InChI=1S/C14H19N5O3S/c1-18-13(21)12(17-19(2)14(18)22)23-9-11(20)16-15-8-10-6-4-3-5-7-10/h3-4,8,10H,5-7,9H2,1-2H3,(H,16,20)/b15-8-/t10-/m0/s1. The lowest BCUT2D eigenvalue weighted by atomic mass is 9.96. The summed E-state index contributed by atoms with van der Waals surface area (Å²) in [5.74, 6) is 0.0309. The maximum atomic E-state index is 11.9. The van der Waals surface area contributed by atoms with E-state index in [2.05, 4.69) is 27.8 Å². The fraction of sp³-hybridized carbons (Fsp3) is 0.500. The highest BCUT2D eigenvalue weighted by molar-refractivity contribution is 7.99. The lowest BCUT2D eigenvalue weighted by Crippen LogP contribution is -2.39. The molecule has 1 N–H and O–H groups in total. The van der Waals surface area contributed by atoms with Gasteiger partial charge in [0.1, 0.15) is 0 Å². The van der Waals surface area contributed by atoms with Gasteiger partial charge in [-0.25, -0.2) is 14.9 Å². The van der Waals surface area contributed by atoms with Gasteiger partial charge in [0, 0.05) is 20.3 Å². The molecule has 0 fully saturated rings. The number of hydrogen-bond acceptors (Lipinski definition) is 6. The van der Waals surface area contributed by atoms with E-state index in [0.717, 1.165) is 40.3 Å². The van der Waals surface area contributed by atoms with Crippen molar-refractivity contribution < 1.29 is 4.79 Å². The summed E-state index contributed by atoms with van der Waals surface area (Å²) < 4.78 is 2.03. The summed E-state index contributed by atoms with van der Waals surface area (Å²) in [6, 6.07) is 0. The number of aryl methyl sites for hydroxylation is 1. The van der Waals surface area contributed by atoms with E-state index < -0.39 is 11.2 Å². The van der Waals surface area contributed by atoms with E-state index in [-0.39, 0.29) is 16.7 Å². The minimum Gasteiger partial charge on any atom is -0.272 e. The van der Waals surface area contributed by atoms with Crippen LogP contribution in [0, 0.1) is 5.92 Å². The maximum absolute atomic E-state index is 11.9. The first-order chi connectivity index (χ1) is 11.0. The number of hydrogen-bond donors (Lipinski definition) is 1. The molecule has 0 unspecified atom stereocenters. The van der Waals surface area contributed by atoms with Crippen molar-refractivity contribution >= 4 is 23.9 Å². The van der Waals surface area contributed by atoms with Gasteiger partial charge in [0.2, 0.25) is 5.91 Å². The smallest absolute Gasteiger partial charge is 0.272 e. The van der Waals surface area contributed by atoms with E-state index in [1.807, 2.05) is 0 Å². The molecule has 124 valence electrons. The Morgan fingerprint density at radius 1 is 1.48 bits per heavy atom. The van der Waals surface area contributed by atoms with Crippen molar-refractivity contribution in [1.29, 1.82) is 0 Å². The van der Waals surface area contributed by atoms with E-state index in [1.165, 1.54) is 14.1 Å². The van der Waals surface area contributed by atoms with Crippen molar-refractivity contribution in [1.82, 2.24) is 19.8 Å². The van der Waals surface area contributed by atoms with Crippen LogP contribution in [0.3, 0.4) is 0 Å². The van der Waals surface area contributed by atoms with Crippen molar-refractivity contribution in [3.8, 4) is 0 Å². The number of rotatable bonds is 5. The predicted octanol–water partition coefficient (Wildman–Crippen LogP) is 0.0294. The fourth-order valence-electron chi connectivity index (χ4n) is 2.09. The first-order valence-corrected chi connectivity index (χ1v) is 8.21. The van der Waals surface area contributed by atoms with Crippen LogP contribution in [-0.4, -0.2) is 32.2 Å². The summed E-state index contributed by atoms with van der Waals surface area (Å²) in [5, 5.41) is 7.92. The van der Waals surface area contributed by atoms with Gasteiger partial charge in [-0.2, -0.15) is 10.2 Å². The Bertz CT molecular complexity index is 750. The SMILES string of the molecule is Cn1nc(SCC(=O)N/N=C\[C@H]2CC=CCC2)c(=O)n(C)c1=O. The number of nitrogens with zero attached hydrogens (tertiary/aromatic N) is 4. The van der Waals surface area contributed by atoms with Crippen molar-refractivity contribution in [3.05, 3.63) is 33.0 Å². The second-order valence-electron chi connectivity index (χ2n) is 5.22. The molecular formula is C14H19N5O3S. The molecule has 1 aliphatic rings. The summed E-state index contributed by atoms with van der Waals surface area (Å²) in [6.45, 7) is 0. The second-order valence-corrected chi connectivity index (χ2v) is 6.19. The number of aromatic nitrogens is 3. The molecule has 23 heavy (non-hydrogen) atoms. The molecule has 1 atom stereocenters. The van der Waals surface area contributed by atoms with Gasteiger partial charge in [0.15, 0.2) is 5.03 Å². The number of thioether (sulfide) groups is 1. The molecule has 1 heterocycles. The van der Waals surface area contributed by atoms with Crippen molar-refractivity contribution in [2.75, 3.05) is 5.75 Å². The first kappa shape index (κ1) is 17.2. The molecular weight excluding hydrogens is 318 g/mol. The molecule has 0 aliphatic heterocycles. The normalized spacial score (nSPS) is 17.6. The van der Waals surface area contributed by atoms with Gasteiger partial charge in [-0.3, -0.25) is 14.2 Å². The molecule has 0 aromatic carbocycles. The van der Waals surface area contributed by atoms with Crippen molar-refractivity contribution in [2.24, 2.45) is 25.1 Å². The van der Waals surface area contributed by atoms with Gasteiger partial charge in [-0.05, 0) is 25.2 Å². The van der Waals surface area contributed by atoms with Crippen LogP contribution < -0.4 is 16.7 Å². The summed E-state index contributed by atoms with van der Waals surface area (Å²) in [5.41, 5.74) is 1.43. The lowest BCUT2D eigenvalue weighted by molar-refractivity contribution is -0.118. The lowest BCUT2D eigenvalue weighted by Gasteiger charge is -2.11. The Morgan fingerprint density at radius 3 is 2.96 bits per heavy atom. The second kappa shape index (κ2) is 7.91. The minimum absolute atomic E-state index is 0.00233. The Morgan fingerprint density at radius 2 is 2.26 bits per heavy atom. The summed E-state index contributed by atoms with van der Waals surface area (Å²) >= 11 is 0.977. The number of nitrogens with one attached hydrogen (secondary N) is 1. The highest BCUT2D eigenvalue weighted by atomic mass is 32.2. The molecule has 8 nitrogen and oxygen atoms in total. The fourth-order valence-corrected chi connectivity index (χ4v) is 2.87. The Labute approximate surface area is 137 Å². The number of carbonyl (C=O) groups excluding carboxylic acids is 1. The minimum atomic E-state index is -0.511. The molecule has 1 aromatic rings. The van der Waals surface area contributed by atoms with Crippen LogP contribution in [0.4, 0.5) is 0 Å². The highest BCUT2D eigenvalue weighted by Gasteiger charge is 2.11. The molecule has 0 saturated heterocycles. The van der Waals surface area contributed by atoms with E-state index in [1.54, 1.807) is 6.21 Å². The van der Waals surface area contributed by atoms with Crippen LogP contribution in [0.15, 0.2) is 31.9 Å². The molecule has 0 spiro atoms. The number of allylic oxidation sites excluding steroid dienone is 2. The third-order valence-electron chi connectivity index (χ3n) is 3.42. The van der Waals surface area contributed by atoms with E-state index in [4.69, 9.17) is 0 Å². The zero-order chi connectivity index (χ0) is 16.8. The van der Waals surface area contributed by atoms with Crippen LogP contribution >= 0.6 is 11.8 Å². The highest BCUT2D eigenvalue weighted by Crippen LogP contribution is 2.15. The molecule has 0 radical (unpaired) electrons. The topological polar surface area (TPSA) is 98.3 Å². The number of hydrazone groups is 1.